The predicted molar refractivity (Wildman–Crippen MR) is 82.6 cm³/mol. The molecule has 1 atom stereocenters. The highest BCUT2D eigenvalue weighted by atomic mass is 79.9. The molecule has 0 bridgehead atoms. The normalized spacial score (nSPS) is 21.0. The summed E-state index contributed by atoms with van der Waals surface area (Å²) in [7, 11) is -3.87. The van der Waals surface area contributed by atoms with Crippen LogP contribution in [-0.4, -0.2) is 30.2 Å². The molecule has 1 saturated heterocycles. The highest BCUT2D eigenvalue weighted by Crippen LogP contribution is 2.32. The van der Waals surface area contributed by atoms with Crippen LogP contribution in [0.3, 0.4) is 0 Å². The van der Waals surface area contributed by atoms with E-state index in [1.54, 1.807) is 0 Å². The highest BCUT2D eigenvalue weighted by molar-refractivity contribution is 9.10. The summed E-state index contributed by atoms with van der Waals surface area (Å²) in [5.41, 5.74) is -0.380. The van der Waals surface area contributed by atoms with Gasteiger partial charge in [-0.2, -0.15) is 4.31 Å². The molecule has 1 aromatic rings. The van der Waals surface area contributed by atoms with Crippen molar-refractivity contribution in [1.29, 1.82) is 0 Å². The highest BCUT2D eigenvalue weighted by Gasteiger charge is 2.35. The molecule has 1 aliphatic rings. The number of nitrogens with zero attached hydrogens (tertiary/aromatic N) is 2. The molecule has 1 aliphatic heterocycles. The lowest BCUT2D eigenvalue weighted by Crippen LogP contribution is -2.38. The van der Waals surface area contributed by atoms with Crippen LogP contribution in [0, 0.1) is 10.1 Å². The van der Waals surface area contributed by atoms with Crippen LogP contribution in [0.25, 0.3) is 0 Å². The van der Waals surface area contributed by atoms with Crippen LogP contribution in [0.2, 0.25) is 0 Å². The molecule has 0 aliphatic carbocycles. The van der Waals surface area contributed by atoms with E-state index in [0.29, 0.717) is 11.0 Å². The Balaban J connectivity index is 2.52. The van der Waals surface area contributed by atoms with E-state index in [2.05, 4.69) is 15.9 Å². The van der Waals surface area contributed by atoms with Gasteiger partial charge < -0.3 is 0 Å². The summed E-state index contributed by atoms with van der Waals surface area (Å²) in [6.07, 6.45) is 3.52. The molecule has 6 nitrogen and oxygen atoms in total. The molecule has 0 amide bonds. The largest absolute Gasteiger partial charge is 0.289 e. The second kappa shape index (κ2) is 6.41. The van der Waals surface area contributed by atoms with Crippen molar-refractivity contribution in [3.63, 3.8) is 0 Å². The molecule has 0 saturated carbocycles. The second-order valence-electron chi connectivity index (χ2n) is 5.18. The lowest BCUT2D eigenvalue weighted by atomic mass is 10.1. The average Bonchev–Trinajstić information content (AvgIpc) is 2.63. The van der Waals surface area contributed by atoms with Gasteiger partial charge in [0.25, 0.3) is 5.69 Å². The Morgan fingerprint density at radius 1 is 1.33 bits per heavy atom. The van der Waals surface area contributed by atoms with Crippen molar-refractivity contribution in [1.82, 2.24) is 4.31 Å². The summed E-state index contributed by atoms with van der Waals surface area (Å²) in [6, 6.07) is 3.86. The zero-order valence-corrected chi connectivity index (χ0v) is 14.1. The van der Waals surface area contributed by atoms with Gasteiger partial charge in [-0.3, -0.25) is 10.1 Å². The zero-order chi connectivity index (χ0) is 15.6. The number of nitro groups is 1. The van der Waals surface area contributed by atoms with E-state index in [-0.39, 0.29) is 16.6 Å². The van der Waals surface area contributed by atoms with E-state index in [4.69, 9.17) is 0 Å². The van der Waals surface area contributed by atoms with Crippen LogP contribution >= 0.6 is 15.9 Å². The first kappa shape index (κ1) is 16.4. The minimum atomic E-state index is -3.87. The summed E-state index contributed by atoms with van der Waals surface area (Å²) < 4.78 is 27.6. The molecule has 21 heavy (non-hydrogen) atoms. The first-order valence-electron chi connectivity index (χ1n) is 6.80. The van der Waals surface area contributed by atoms with Crippen LogP contribution in [0.1, 0.15) is 32.6 Å². The first-order chi connectivity index (χ1) is 9.84. The molecule has 0 N–H and O–H groups in total. The fraction of sp³-hybridized carbons (Fsp3) is 0.538. The maximum atomic E-state index is 12.8. The monoisotopic (exact) mass is 376 g/mol. The van der Waals surface area contributed by atoms with Gasteiger partial charge in [-0.25, -0.2) is 8.42 Å². The van der Waals surface area contributed by atoms with Gasteiger partial charge in [0.1, 0.15) is 0 Å². The van der Waals surface area contributed by atoms with Crippen molar-refractivity contribution in [2.45, 2.75) is 43.5 Å². The number of sulfonamides is 1. The van der Waals surface area contributed by atoms with E-state index >= 15 is 0 Å². The second-order valence-corrected chi connectivity index (χ2v) is 7.96. The van der Waals surface area contributed by atoms with Gasteiger partial charge in [0, 0.05) is 23.1 Å². The molecular weight excluding hydrogens is 360 g/mol. The van der Waals surface area contributed by atoms with E-state index in [1.165, 1.54) is 22.5 Å². The Morgan fingerprint density at radius 2 is 2.05 bits per heavy atom. The summed E-state index contributed by atoms with van der Waals surface area (Å²) >= 11 is 3.19. The van der Waals surface area contributed by atoms with Crippen molar-refractivity contribution in [3.05, 3.63) is 32.8 Å². The van der Waals surface area contributed by atoms with Gasteiger partial charge in [-0.15, -0.1) is 0 Å². The molecule has 0 radical (unpaired) electrons. The zero-order valence-electron chi connectivity index (χ0n) is 11.7. The van der Waals surface area contributed by atoms with Crippen molar-refractivity contribution < 1.29 is 13.3 Å². The number of hydrogen-bond donors (Lipinski definition) is 0. The predicted octanol–water partition coefficient (Wildman–Crippen LogP) is 3.31. The first-order valence-corrected chi connectivity index (χ1v) is 9.03. The Bertz CT molecular complexity index is 648. The number of hydrogen-bond acceptors (Lipinski definition) is 4. The molecule has 1 heterocycles. The molecule has 1 fully saturated rings. The van der Waals surface area contributed by atoms with Gasteiger partial charge >= 0.3 is 0 Å². The molecule has 0 spiro atoms. The molecule has 0 aromatic heterocycles. The Morgan fingerprint density at radius 3 is 2.71 bits per heavy atom. The van der Waals surface area contributed by atoms with Gasteiger partial charge in [-0.1, -0.05) is 28.8 Å². The maximum absolute atomic E-state index is 12.8. The Kier molecular flexibility index (Phi) is 5.00. The topological polar surface area (TPSA) is 80.5 Å². The third kappa shape index (κ3) is 3.44. The Labute approximate surface area is 132 Å². The molecule has 1 unspecified atom stereocenters. The van der Waals surface area contributed by atoms with Crippen molar-refractivity contribution in [2.75, 3.05) is 6.54 Å². The smallest absolute Gasteiger partial charge is 0.258 e. The van der Waals surface area contributed by atoms with Crippen molar-refractivity contribution in [3.8, 4) is 0 Å². The third-order valence-corrected chi connectivity index (χ3v) is 6.23. The van der Waals surface area contributed by atoms with Gasteiger partial charge in [0.15, 0.2) is 4.90 Å². The van der Waals surface area contributed by atoms with Crippen LogP contribution in [0.15, 0.2) is 27.6 Å². The summed E-state index contributed by atoms with van der Waals surface area (Å²) in [5, 5.41) is 11.1. The summed E-state index contributed by atoms with van der Waals surface area (Å²) in [5.74, 6) is 0. The minimum absolute atomic E-state index is 0.143. The molecule has 1 aromatic carbocycles. The van der Waals surface area contributed by atoms with Crippen LogP contribution in [0.4, 0.5) is 5.69 Å². The fourth-order valence-electron chi connectivity index (χ4n) is 2.58. The summed E-state index contributed by atoms with van der Waals surface area (Å²) in [4.78, 5) is 10.2. The van der Waals surface area contributed by atoms with Crippen LogP contribution < -0.4 is 0 Å². The van der Waals surface area contributed by atoms with Crippen molar-refractivity contribution in [2.24, 2.45) is 0 Å². The van der Waals surface area contributed by atoms with Crippen LogP contribution in [0.5, 0.6) is 0 Å². The van der Waals surface area contributed by atoms with Crippen LogP contribution in [-0.2, 0) is 10.0 Å². The minimum Gasteiger partial charge on any atom is -0.258 e. The SMILES string of the molecule is CC1CCCCCN1S(=O)(=O)c1cc(Br)ccc1[N+](=O)[O-]. The molecular formula is C13H17BrN2O4S. The molecule has 2 rings (SSSR count). The third-order valence-electron chi connectivity index (χ3n) is 3.70. The maximum Gasteiger partial charge on any atom is 0.289 e. The van der Waals surface area contributed by atoms with E-state index in [9.17, 15) is 18.5 Å². The number of rotatable bonds is 3. The number of halogens is 1. The standard InChI is InChI=1S/C13H17BrN2O4S/c1-10-5-3-2-4-8-15(10)21(19,20)13-9-11(14)6-7-12(13)16(17)18/h6-7,9-10H,2-5,8H2,1H3. The van der Waals surface area contributed by atoms with E-state index in [0.717, 1.165) is 25.7 Å². The van der Waals surface area contributed by atoms with E-state index in [1.807, 2.05) is 6.92 Å². The van der Waals surface area contributed by atoms with Crippen molar-refractivity contribution >= 4 is 31.6 Å². The Hall–Kier alpha value is -0.990. The van der Waals surface area contributed by atoms with E-state index < -0.39 is 14.9 Å². The molecule has 116 valence electrons. The average molecular weight is 377 g/mol. The summed E-state index contributed by atoms with van der Waals surface area (Å²) in [6.45, 7) is 2.26. The molecule has 8 heteroatoms. The lowest BCUT2D eigenvalue weighted by molar-refractivity contribution is -0.387. The van der Waals surface area contributed by atoms with Gasteiger partial charge in [0.05, 0.1) is 4.92 Å². The quantitative estimate of drug-likeness (QED) is 0.598. The van der Waals surface area contributed by atoms with Gasteiger partial charge in [-0.05, 0) is 31.9 Å². The lowest BCUT2D eigenvalue weighted by Gasteiger charge is -2.26. The fourth-order valence-corrected chi connectivity index (χ4v) is 4.97. The number of nitro benzene ring substituents is 1. The van der Waals surface area contributed by atoms with Gasteiger partial charge in [0.2, 0.25) is 10.0 Å². The number of benzene rings is 1.